The topological polar surface area (TPSA) is 80.3 Å². The second-order valence-electron chi connectivity index (χ2n) is 5.09. The first-order valence-electron chi connectivity index (χ1n) is 6.14. The lowest BCUT2D eigenvalue weighted by atomic mass is 10.2. The number of nitrogens with one attached hydrogen (secondary N) is 2. The molecule has 0 saturated heterocycles. The minimum absolute atomic E-state index is 0.160. The van der Waals surface area contributed by atoms with Gasteiger partial charge >= 0.3 is 6.09 Å². The van der Waals surface area contributed by atoms with Crippen LogP contribution in [-0.2, 0) is 9.53 Å². The third-order valence-electron chi connectivity index (χ3n) is 2.02. The van der Waals surface area contributed by atoms with E-state index in [2.05, 4.69) is 38.2 Å². The fourth-order valence-corrected chi connectivity index (χ4v) is 1.57. The highest BCUT2D eigenvalue weighted by Gasteiger charge is 2.15. The summed E-state index contributed by atoms with van der Waals surface area (Å²) in [4.78, 5) is 27.0. The van der Waals surface area contributed by atoms with Gasteiger partial charge in [-0.05, 0) is 55.5 Å². The van der Waals surface area contributed by atoms with Crippen LogP contribution in [0.2, 0.25) is 0 Å². The van der Waals surface area contributed by atoms with E-state index in [1.807, 2.05) is 6.07 Å². The van der Waals surface area contributed by atoms with E-state index in [-0.39, 0.29) is 18.9 Å². The van der Waals surface area contributed by atoms with E-state index in [4.69, 9.17) is 4.74 Å². The Hall–Kier alpha value is -1.38. The molecular weight excluding hydrogens is 373 g/mol. The second kappa shape index (κ2) is 7.41. The number of rotatable bonds is 4. The summed E-state index contributed by atoms with van der Waals surface area (Å²) in [6, 6.07) is 3.57. The number of amides is 2. The molecule has 110 valence electrons. The van der Waals surface area contributed by atoms with Gasteiger partial charge in [-0.3, -0.25) is 4.79 Å². The summed E-state index contributed by atoms with van der Waals surface area (Å²) in [6.07, 6.45) is 1.29. The van der Waals surface area contributed by atoms with Crippen LogP contribution in [0.25, 0.3) is 0 Å². The van der Waals surface area contributed by atoms with Crippen LogP contribution < -0.4 is 10.6 Å². The molecule has 0 aromatic carbocycles. The summed E-state index contributed by atoms with van der Waals surface area (Å²) < 4.78 is 6.05. The van der Waals surface area contributed by atoms with Crippen molar-refractivity contribution in [1.82, 2.24) is 10.3 Å². The molecule has 0 aliphatic heterocycles. The molecule has 0 unspecified atom stereocenters. The quantitative estimate of drug-likeness (QED) is 0.774. The lowest BCUT2D eigenvalue weighted by Crippen LogP contribution is -2.34. The zero-order valence-corrected chi connectivity index (χ0v) is 13.9. The second-order valence-corrected chi connectivity index (χ2v) is 6.33. The van der Waals surface area contributed by atoms with E-state index in [1.54, 1.807) is 33.0 Å². The van der Waals surface area contributed by atoms with E-state index in [0.717, 1.165) is 3.57 Å². The number of ether oxygens (including phenoxy) is 1. The van der Waals surface area contributed by atoms with Crippen LogP contribution in [0.15, 0.2) is 18.3 Å². The predicted molar refractivity (Wildman–Crippen MR) is 84.4 cm³/mol. The molecule has 1 aromatic rings. The fourth-order valence-electron chi connectivity index (χ4n) is 1.25. The molecular formula is C13H18IN3O3. The van der Waals surface area contributed by atoms with E-state index in [0.29, 0.717) is 5.82 Å². The Morgan fingerprint density at radius 3 is 2.60 bits per heavy atom. The Bertz CT molecular complexity index is 469. The van der Waals surface area contributed by atoms with Crippen LogP contribution >= 0.6 is 22.6 Å². The molecule has 0 aliphatic rings. The molecule has 7 heteroatoms. The number of nitrogens with zero attached hydrogens (tertiary/aromatic N) is 1. The molecule has 0 fully saturated rings. The van der Waals surface area contributed by atoms with E-state index < -0.39 is 11.7 Å². The molecule has 0 saturated carbocycles. The Morgan fingerprint density at radius 1 is 1.35 bits per heavy atom. The predicted octanol–water partition coefficient (Wildman–Crippen LogP) is 2.54. The standard InChI is InChI=1S/C13H18IN3O3/c1-13(2,3)20-12(19)15-7-6-11(18)17-10-5-4-9(14)8-16-10/h4-5,8H,6-7H2,1-3H3,(H,15,19)(H,16,17,18). The van der Waals surface area contributed by atoms with E-state index in [9.17, 15) is 9.59 Å². The molecule has 2 N–H and O–H groups in total. The number of anilines is 1. The molecule has 0 radical (unpaired) electrons. The highest BCUT2D eigenvalue weighted by Crippen LogP contribution is 2.08. The minimum Gasteiger partial charge on any atom is -0.444 e. The SMILES string of the molecule is CC(C)(C)OC(=O)NCCC(=O)Nc1ccc(I)cn1. The largest absolute Gasteiger partial charge is 0.444 e. The summed E-state index contributed by atoms with van der Waals surface area (Å²) in [5, 5.41) is 5.17. The molecule has 0 atom stereocenters. The highest BCUT2D eigenvalue weighted by atomic mass is 127. The molecule has 0 spiro atoms. The number of carbonyl (C=O) groups excluding carboxylic acids is 2. The average molecular weight is 391 g/mol. The molecule has 1 heterocycles. The Balaban J connectivity index is 2.27. The first kappa shape index (κ1) is 16.7. The Kier molecular flexibility index (Phi) is 6.18. The number of halogens is 1. The molecule has 20 heavy (non-hydrogen) atoms. The van der Waals surface area contributed by atoms with E-state index >= 15 is 0 Å². The van der Waals surface area contributed by atoms with Gasteiger partial charge in [-0.2, -0.15) is 0 Å². The van der Waals surface area contributed by atoms with Crippen LogP contribution in [0.1, 0.15) is 27.2 Å². The summed E-state index contributed by atoms with van der Waals surface area (Å²) in [7, 11) is 0. The smallest absolute Gasteiger partial charge is 0.407 e. The van der Waals surface area contributed by atoms with Crippen LogP contribution in [0.4, 0.5) is 10.6 Å². The summed E-state index contributed by atoms with van der Waals surface area (Å²) in [6.45, 7) is 5.55. The van der Waals surface area contributed by atoms with Crippen molar-refractivity contribution in [3.8, 4) is 0 Å². The molecule has 0 aliphatic carbocycles. The summed E-state index contributed by atoms with van der Waals surface area (Å²) in [5.74, 6) is 0.280. The average Bonchev–Trinajstić information content (AvgIpc) is 2.29. The molecule has 0 bridgehead atoms. The zero-order chi connectivity index (χ0) is 15.2. The van der Waals surface area contributed by atoms with Gasteiger partial charge in [0.15, 0.2) is 0 Å². The van der Waals surface area contributed by atoms with Gasteiger partial charge in [0.25, 0.3) is 0 Å². The number of alkyl carbamates (subject to hydrolysis) is 1. The molecule has 1 rings (SSSR count). The van der Waals surface area contributed by atoms with Gasteiger partial charge in [-0.15, -0.1) is 0 Å². The number of hydrogen-bond donors (Lipinski definition) is 2. The molecule has 6 nitrogen and oxygen atoms in total. The van der Waals surface area contributed by atoms with Crippen molar-refractivity contribution in [2.24, 2.45) is 0 Å². The minimum atomic E-state index is -0.544. The summed E-state index contributed by atoms with van der Waals surface area (Å²) >= 11 is 2.13. The van der Waals surface area contributed by atoms with Crippen LogP contribution in [0.5, 0.6) is 0 Å². The first-order valence-corrected chi connectivity index (χ1v) is 7.22. The maximum Gasteiger partial charge on any atom is 0.407 e. The third kappa shape index (κ3) is 7.27. The normalized spacial score (nSPS) is 10.8. The number of hydrogen-bond acceptors (Lipinski definition) is 4. The maximum absolute atomic E-state index is 11.6. The van der Waals surface area contributed by atoms with Crippen molar-refractivity contribution in [3.63, 3.8) is 0 Å². The van der Waals surface area contributed by atoms with Crippen molar-refractivity contribution in [3.05, 3.63) is 21.9 Å². The lowest BCUT2D eigenvalue weighted by Gasteiger charge is -2.19. The highest BCUT2D eigenvalue weighted by molar-refractivity contribution is 14.1. The van der Waals surface area contributed by atoms with Gasteiger partial charge in [0.05, 0.1) is 0 Å². The first-order chi connectivity index (χ1) is 9.26. The van der Waals surface area contributed by atoms with Gasteiger partial charge in [0.2, 0.25) is 5.91 Å². The molecule has 2 amide bonds. The van der Waals surface area contributed by atoms with Gasteiger partial charge in [-0.25, -0.2) is 9.78 Å². The zero-order valence-electron chi connectivity index (χ0n) is 11.7. The lowest BCUT2D eigenvalue weighted by molar-refractivity contribution is -0.116. The van der Waals surface area contributed by atoms with Crippen molar-refractivity contribution in [2.75, 3.05) is 11.9 Å². The Labute approximate surface area is 131 Å². The van der Waals surface area contributed by atoms with Crippen molar-refractivity contribution in [1.29, 1.82) is 0 Å². The van der Waals surface area contributed by atoms with Gasteiger partial charge in [0.1, 0.15) is 11.4 Å². The number of pyridine rings is 1. The van der Waals surface area contributed by atoms with E-state index in [1.165, 1.54) is 0 Å². The van der Waals surface area contributed by atoms with Crippen molar-refractivity contribution >= 4 is 40.4 Å². The third-order valence-corrected chi connectivity index (χ3v) is 2.65. The van der Waals surface area contributed by atoms with Crippen LogP contribution in [0.3, 0.4) is 0 Å². The fraction of sp³-hybridized carbons (Fsp3) is 0.462. The van der Waals surface area contributed by atoms with Crippen molar-refractivity contribution < 1.29 is 14.3 Å². The number of aromatic nitrogens is 1. The van der Waals surface area contributed by atoms with Gasteiger partial charge in [0, 0.05) is 22.7 Å². The summed E-state index contributed by atoms with van der Waals surface area (Å²) in [5.41, 5.74) is -0.544. The molecule has 1 aromatic heterocycles. The Morgan fingerprint density at radius 2 is 2.05 bits per heavy atom. The van der Waals surface area contributed by atoms with Crippen molar-refractivity contribution in [2.45, 2.75) is 32.8 Å². The maximum atomic E-state index is 11.6. The van der Waals surface area contributed by atoms with Crippen LogP contribution in [0, 0.1) is 3.57 Å². The van der Waals surface area contributed by atoms with Gasteiger partial charge < -0.3 is 15.4 Å². The number of carbonyl (C=O) groups is 2. The van der Waals surface area contributed by atoms with Crippen LogP contribution in [-0.4, -0.2) is 29.1 Å². The monoisotopic (exact) mass is 391 g/mol. The van der Waals surface area contributed by atoms with Gasteiger partial charge in [-0.1, -0.05) is 0 Å².